The van der Waals surface area contributed by atoms with Gasteiger partial charge in [-0.25, -0.2) is 0 Å². The topological polar surface area (TPSA) is 35.5 Å². The van der Waals surface area contributed by atoms with Gasteiger partial charge in [-0.15, -0.1) is 6.58 Å². The summed E-state index contributed by atoms with van der Waals surface area (Å²) in [4.78, 5) is 10.9. The van der Waals surface area contributed by atoms with Gasteiger partial charge in [-0.1, -0.05) is 13.0 Å². The van der Waals surface area contributed by atoms with Crippen LogP contribution in [0.5, 0.6) is 11.5 Å². The second-order valence-electron chi connectivity index (χ2n) is 3.95. The number of rotatable bonds is 9. The van der Waals surface area contributed by atoms with E-state index >= 15 is 0 Å². The summed E-state index contributed by atoms with van der Waals surface area (Å²) in [7, 11) is 0. The average Bonchev–Trinajstić information content (AvgIpc) is 2.41. The van der Waals surface area contributed by atoms with Crippen molar-refractivity contribution in [1.29, 1.82) is 0 Å². The lowest BCUT2D eigenvalue weighted by atomic mass is 10.2. The summed E-state index contributed by atoms with van der Waals surface area (Å²) in [5, 5.41) is 0. The molecule has 3 nitrogen and oxygen atoms in total. The van der Waals surface area contributed by atoms with Crippen LogP contribution in [0.15, 0.2) is 30.9 Å². The van der Waals surface area contributed by atoms with Crippen molar-refractivity contribution in [2.45, 2.75) is 26.2 Å². The Morgan fingerprint density at radius 3 is 2.78 bits per heavy atom. The summed E-state index contributed by atoms with van der Waals surface area (Å²) in [5.41, 5.74) is 0.553. The molecule has 0 N–H and O–H groups in total. The first kappa shape index (κ1) is 14.3. The van der Waals surface area contributed by atoms with Crippen molar-refractivity contribution in [2.24, 2.45) is 0 Å². The van der Waals surface area contributed by atoms with E-state index in [2.05, 4.69) is 6.58 Å². The molecule has 0 saturated carbocycles. The van der Waals surface area contributed by atoms with Gasteiger partial charge in [0.25, 0.3) is 0 Å². The Morgan fingerprint density at radius 2 is 2.11 bits per heavy atom. The highest BCUT2D eigenvalue weighted by atomic mass is 16.5. The van der Waals surface area contributed by atoms with Crippen LogP contribution in [0, 0.1) is 0 Å². The molecule has 0 bridgehead atoms. The number of hydrogen-bond acceptors (Lipinski definition) is 3. The molecule has 0 aliphatic rings. The maximum Gasteiger partial charge on any atom is 0.153 e. The number of benzene rings is 1. The predicted octanol–water partition coefficient (Wildman–Crippen LogP) is 3.63. The highest BCUT2D eigenvalue weighted by Gasteiger charge is 2.05. The minimum atomic E-state index is 0.553. The largest absolute Gasteiger partial charge is 0.493 e. The first-order chi connectivity index (χ1) is 8.81. The van der Waals surface area contributed by atoms with Crippen molar-refractivity contribution in [3.05, 3.63) is 36.4 Å². The number of allylic oxidation sites excluding steroid dienone is 1. The van der Waals surface area contributed by atoms with Crippen LogP contribution in [-0.2, 0) is 0 Å². The third kappa shape index (κ3) is 4.62. The second kappa shape index (κ2) is 8.34. The number of hydrogen-bond donors (Lipinski definition) is 0. The monoisotopic (exact) mass is 248 g/mol. The van der Waals surface area contributed by atoms with Crippen molar-refractivity contribution in [3.8, 4) is 11.5 Å². The molecule has 1 rings (SSSR count). The Kier molecular flexibility index (Phi) is 6.62. The van der Waals surface area contributed by atoms with Crippen molar-refractivity contribution in [2.75, 3.05) is 13.2 Å². The maximum absolute atomic E-state index is 10.9. The van der Waals surface area contributed by atoms with E-state index in [9.17, 15) is 4.79 Å². The van der Waals surface area contributed by atoms with E-state index in [-0.39, 0.29) is 0 Å². The maximum atomic E-state index is 10.9. The van der Waals surface area contributed by atoms with Crippen LogP contribution in [0.1, 0.15) is 36.5 Å². The summed E-state index contributed by atoms with van der Waals surface area (Å²) in [5.74, 6) is 1.32. The number of carbonyl (C=O) groups is 1. The van der Waals surface area contributed by atoms with E-state index in [1.54, 1.807) is 18.2 Å². The minimum Gasteiger partial charge on any atom is -0.493 e. The van der Waals surface area contributed by atoms with Gasteiger partial charge >= 0.3 is 0 Å². The van der Waals surface area contributed by atoms with Gasteiger partial charge in [0.15, 0.2) is 6.29 Å². The van der Waals surface area contributed by atoms with Crippen molar-refractivity contribution in [3.63, 3.8) is 0 Å². The van der Waals surface area contributed by atoms with Gasteiger partial charge in [0.05, 0.1) is 18.8 Å². The molecule has 98 valence electrons. The molecule has 0 saturated heterocycles. The Labute approximate surface area is 108 Å². The fourth-order valence-electron chi connectivity index (χ4n) is 1.46. The van der Waals surface area contributed by atoms with Crippen molar-refractivity contribution < 1.29 is 14.3 Å². The molecule has 0 aliphatic carbocycles. The molecule has 18 heavy (non-hydrogen) atoms. The molecule has 0 aromatic heterocycles. The van der Waals surface area contributed by atoms with E-state index in [1.165, 1.54) is 0 Å². The summed E-state index contributed by atoms with van der Waals surface area (Å²) in [6.07, 6.45) is 5.40. The molecule has 0 aliphatic heterocycles. The molecule has 0 heterocycles. The molecule has 0 unspecified atom stereocenters. The Morgan fingerprint density at radius 1 is 1.28 bits per heavy atom. The number of carbonyl (C=O) groups excluding carboxylic acids is 1. The first-order valence-corrected chi connectivity index (χ1v) is 6.27. The number of unbranched alkanes of at least 4 members (excludes halogenated alkanes) is 1. The highest BCUT2D eigenvalue weighted by molar-refractivity contribution is 5.79. The summed E-state index contributed by atoms with van der Waals surface area (Å²) in [6.45, 7) is 6.94. The lowest BCUT2D eigenvalue weighted by molar-refractivity contribution is 0.111. The zero-order valence-electron chi connectivity index (χ0n) is 10.9. The van der Waals surface area contributed by atoms with Crippen LogP contribution in [0.25, 0.3) is 0 Å². The van der Waals surface area contributed by atoms with Crippen LogP contribution >= 0.6 is 0 Å². The van der Waals surface area contributed by atoms with Crippen LogP contribution < -0.4 is 9.47 Å². The summed E-state index contributed by atoms with van der Waals surface area (Å²) >= 11 is 0. The molecule has 3 heteroatoms. The quantitative estimate of drug-likeness (QED) is 0.380. The number of ether oxygens (including phenoxy) is 2. The van der Waals surface area contributed by atoms with Gasteiger partial charge < -0.3 is 9.47 Å². The molecular weight excluding hydrogens is 228 g/mol. The van der Waals surface area contributed by atoms with Crippen LogP contribution in [0.2, 0.25) is 0 Å². The zero-order valence-corrected chi connectivity index (χ0v) is 10.9. The van der Waals surface area contributed by atoms with Crippen molar-refractivity contribution in [1.82, 2.24) is 0 Å². The van der Waals surface area contributed by atoms with Crippen molar-refractivity contribution >= 4 is 6.29 Å². The number of aldehydes is 1. The van der Waals surface area contributed by atoms with E-state index in [0.717, 1.165) is 31.3 Å². The standard InChI is InChI=1S/C15H20O3/c1-3-5-6-10-18-15-11-14(17-9-4-2)8-7-13(15)12-16/h3,7-8,11-12H,1,4-6,9-10H2,2H3. The SMILES string of the molecule is C=CCCCOc1cc(OCCC)ccc1C=O. The van der Waals surface area contributed by atoms with Crippen LogP contribution in [0.3, 0.4) is 0 Å². The van der Waals surface area contributed by atoms with Gasteiger partial charge in [0.1, 0.15) is 11.5 Å². The fourth-order valence-corrected chi connectivity index (χ4v) is 1.46. The smallest absolute Gasteiger partial charge is 0.153 e. The molecule has 0 amide bonds. The van der Waals surface area contributed by atoms with Gasteiger partial charge in [0, 0.05) is 6.07 Å². The first-order valence-electron chi connectivity index (χ1n) is 6.27. The molecule has 0 spiro atoms. The molecule has 1 aromatic carbocycles. The van der Waals surface area contributed by atoms with Gasteiger partial charge in [-0.05, 0) is 31.4 Å². The van der Waals surface area contributed by atoms with E-state index < -0.39 is 0 Å². The van der Waals surface area contributed by atoms with Crippen LogP contribution in [-0.4, -0.2) is 19.5 Å². The zero-order chi connectivity index (χ0) is 13.2. The van der Waals surface area contributed by atoms with E-state index in [0.29, 0.717) is 24.5 Å². The third-order valence-corrected chi connectivity index (χ3v) is 2.39. The average molecular weight is 248 g/mol. The highest BCUT2D eigenvalue weighted by Crippen LogP contribution is 2.24. The molecule has 0 atom stereocenters. The second-order valence-corrected chi connectivity index (χ2v) is 3.95. The molecule has 1 aromatic rings. The molecular formula is C15H20O3. The van der Waals surface area contributed by atoms with Gasteiger partial charge in [0.2, 0.25) is 0 Å². The molecule has 0 fully saturated rings. The van der Waals surface area contributed by atoms with E-state index in [1.807, 2.05) is 13.0 Å². The predicted molar refractivity (Wildman–Crippen MR) is 72.5 cm³/mol. The van der Waals surface area contributed by atoms with Gasteiger partial charge in [-0.2, -0.15) is 0 Å². The van der Waals surface area contributed by atoms with E-state index in [4.69, 9.17) is 9.47 Å². The normalized spacial score (nSPS) is 9.83. The Balaban J connectivity index is 2.65. The lowest BCUT2D eigenvalue weighted by Crippen LogP contribution is -2.01. The minimum absolute atomic E-state index is 0.553. The van der Waals surface area contributed by atoms with Crippen LogP contribution in [0.4, 0.5) is 0 Å². The third-order valence-electron chi connectivity index (χ3n) is 2.39. The Hall–Kier alpha value is -1.77. The lowest BCUT2D eigenvalue weighted by Gasteiger charge is -2.10. The van der Waals surface area contributed by atoms with Gasteiger partial charge in [-0.3, -0.25) is 4.79 Å². The fraction of sp³-hybridized carbons (Fsp3) is 0.400. The summed E-state index contributed by atoms with van der Waals surface area (Å²) < 4.78 is 11.1. The summed E-state index contributed by atoms with van der Waals surface area (Å²) in [6, 6.07) is 5.28. The Bertz CT molecular complexity index is 385. The molecule has 0 radical (unpaired) electrons.